The van der Waals surface area contributed by atoms with Gasteiger partial charge < -0.3 is 13.7 Å². The maximum atomic E-state index is 12.9. The SMILES string of the molecule is Cc1oc2c(c1C(=O)N(C)Cc1nnc(-c3ccccc3)o1)C(=O)CCC2. The summed E-state index contributed by atoms with van der Waals surface area (Å²) < 4.78 is 11.3. The molecule has 2 heterocycles. The number of carbonyl (C=O) groups is 2. The number of aryl methyl sites for hydroxylation is 2. The summed E-state index contributed by atoms with van der Waals surface area (Å²) in [4.78, 5) is 26.7. The minimum atomic E-state index is -0.285. The summed E-state index contributed by atoms with van der Waals surface area (Å²) in [5.41, 5.74) is 1.60. The van der Waals surface area contributed by atoms with Crippen LogP contribution in [0.15, 0.2) is 39.2 Å². The van der Waals surface area contributed by atoms with Gasteiger partial charge in [0.2, 0.25) is 11.8 Å². The molecule has 0 atom stereocenters. The first-order valence-electron chi connectivity index (χ1n) is 8.83. The number of rotatable bonds is 4. The van der Waals surface area contributed by atoms with Crippen LogP contribution in [-0.4, -0.2) is 33.8 Å². The highest BCUT2D eigenvalue weighted by Crippen LogP contribution is 2.30. The Morgan fingerprint density at radius 1 is 1.15 bits per heavy atom. The minimum absolute atomic E-state index is 0.0333. The summed E-state index contributed by atoms with van der Waals surface area (Å²) in [5, 5.41) is 8.05. The van der Waals surface area contributed by atoms with E-state index in [0.29, 0.717) is 47.3 Å². The van der Waals surface area contributed by atoms with Crippen LogP contribution in [-0.2, 0) is 13.0 Å². The normalized spacial score (nSPS) is 13.5. The van der Waals surface area contributed by atoms with Crippen LogP contribution in [0.1, 0.15) is 51.0 Å². The molecule has 1 aliphatic rings. The van der Waals surface area contributed by atoms with Gasteiger partial charge in [-0.2, -0.15) is 0 Å². The van der Waals surface area contributed by atoms with Crippen molar-refractivity contribution in [2.24, 2.45) is 0 Å². The Labute approximate surface area is 156 Å². The second-order valence-electron chi connectivity index (χ2n) is 6.64. The number of Topliss-reactive ketones (excluding diaryl/α,β-unsaturated/α-hetero) is 1. The van der Waals surface area contributed by atoms with Gasteiger partial charge in [0.25, 0.3) is 5.91 Å². The van der Waals surface area contributed by atoms with Gasteiger partial charge in [-0.15, -0.1) is 10.2 Å². The molecule has 0 radical (unpaired) electrons. The Hall–Kier alpha value is -3.22. The molecule has 27 heavy (non-hydrogen) atoms. The van der Waals surface area contributed by atoms with Gasteiger partial charge in [-0.3, -0.25) is 9.59 Å². The van der Waals surface area contributed by atoms with E-state index in [1.807, 2.05) is 30.3 Å². The first-order valence-corrected chi connectivity index (χ1v) is 8.83. The molecule has 2 aromatic heterocycles. The lowest BCUT2D eigenvalue weighted by Gasteiger charge is -2.16. The highest BCUT2D eigenvalue weighted by atomic mass is 16.4. The molecule has 0 saturated carbocycles. The molecule has 0 aliphatic heterocycles. The molecular formula is C20H19N3O4. The highest BCUT2D eigenvalue weighted by Gasteiger charge is 2.32. The van der Waals surface area contributed by atoms with Crippen molar-refractivity contribution in [1.82, 2.24) is 15.1 Å². The van der Waals surface area contributed by atoms with Crippen LogP contribution in [0.5, 0.6) is 0 Å². The van der Waals surface area contributed by atoms with E-state index >= 15 is 0 Å². The van der Waals surface area contributed by atoms with Crippen molar-refractivity contribution < 1.29 is 18.4 Å². The Kier molecular flexibility index (Phi) is 4.35. The largest absolute Gasteiger partial charge is 0.465 e. The van der Waals surface area contributed by atoms with Crippen molar-refractivity contribution >= 4 is 11.7 Å². The number of benzene rings is 1. The lowest BCUT2D eigenvalue weighted by Crippen LogP contribution is -2.28. The smallest absolute Gasteiger partial charge is 0.258 e. The van der Waals surface area contributed by atoms with E-state index in [4.69, 9.17) is 8.83 Å². The fraction of sp³-hybridized carbons (Fsp3) is 0.300. The number of hydrogen-bond donors (Lipinski definition) is 0. The number of aromatic nitrogens is 2. The first-order chi connectivity index (χ1) is 13.0. The van der Waals surface area contributed by atoms with Crippen LogP contribution in [0.25, 0.3) is 11.5 Å². The monoisotopic (exact) mass is 365 g/mol. The molecule has 138 valence electrons. The fourth-order valence-corrected chi connectivity index (χ4v) is 3.35. The van der Waals surface area contributed by atoms with Crippen LogP contribution in [0.4, 0.5) is 0 Å². The second kappa shape index (κ2) is 6.83. The summed E-state index contributed by atoms with van der Waals surface area (Å²) >= 11 is 0. The van der Waals surface area contributed by atoms with Crippen LogP contribution in [0.3, 0.4) is 0 Å². The maximum absolute atomic E-state index is 12.9. The summed E-state index contributed by atoms with van der Waals surface area (Å²) in [7, 11) is 1.64. The number of nitrogens with zero attached hydrogens (tertiary/aromatic N) is 3. The van der Waals surface area contributed by atoms with E-state index in [1.54, 1.807) is 14.0 Å². The number of fused-ring (bicyclic) bond motifs is 1. The van der Waals surface area contributed by atoms with Gasteiger partial charge in [-0.05, 0) is 25.5 Å². The molecule has 1 amide bonds. The third kappa shape index (κ3) is 3.16. The molecule has 0 spiro atoms. The molecule has 4 rings (SSSR count). The average Bonchev–Trinajstić information content (AvgIpc) is 3.26. The van der Waals surface area contributed by atoms with Crippen LogP contribution in [0, 0.1) is 6.92 Å². The second-order valence-corrected chi connectivity index (χ2v) is 6.64. The zero-order chi connectivity index (χ0) is 19.0. The predicted molar refractivity (Wildman–Crippen MR) is 96.2 cm³/mol. The Bertz CT molecular complexity index is 1000. The van der Waals surface area contributed by atoms with E-state index in [9.17, 15) is 9.59 Å². The first kappa shape index (κ1) is 17.2. The third-order valence-electron chi connectivity index (χ3n) is 4.66. The van der Waals surface area contributed by atoms with E-state index in [2.05, 4.69) is 10.2 Å². The molecule has 0 unspecified atom stereocenters. The fourth-order valence-electron chi connectivity index (χ4n) is 3.35. The van der Waals surface area contributed by atoms with Gasteiger partial charge in [-0.25, -0.2) is 0 Å². The Morgan fingerprint density at radius 2 is 1.93 bits per heavy atom. The zero-order valence-corrected chi connectivity index (χ0v) is 15.2. The van der Waals surface area contributed by atoms with Gasteiger partial charge >= 0.3 is 0 Å². The van der Waals surface area contributed by atoms with Gasteiger partial charge in [0.05, 0.1) is 17.7 Å². The van der Waals surface area contributed by atoms with E-state index in [1.165, 1.54) is 4.90 Å². The molecule has 3 aromatic rings. The van der Waals surface area contributed by atoms with Gasteiger partial charge in [0, 0.05) is 25.5 Å². The topological polar surface area (TPSA) is 89.4 Å². The molecule has 0 N–H and O–H groups in total. The van der Waals surface area contributed by atoms with Crippen molar-refractivity contribution in [3.63, 3.8) is 0 Å². The Balaban J connectivity index is 1.55. The third-order valence-corrected chi connectivity index (χ3v) is 4.66. The average molecular weight is 365 g/mol. The molecule has 1 aliphatic carbocycles. The standard InChI is InChI=1S/C20H19N3O4/c1-12-17(18-14(24)9-6-10-15(18)26-12)20(25)23(2)11-16-21-22-19(27-16)13-7-4-3-5-8-13/h3-5,7-8H,6,9-11H2,1-2H3. The lowest BCUT2D eigenvalue weighted by molar-refractivity contribution is 0.0766. The van der Waals surface area contributed by atoms with E-state index in [-0.39, 0.29) is 18.2 Å². The van der Waals surface area contributed by atoms with Crippen molar-refractivity contribution in [3.8, 4) is 11.5 Å². The van der Waals surface area contributed by atoms with E-state index in [0.717, 1.165) is 12.0 Å². The summed E-state index contributed by atoms with van der Waals surface area (Å²) in [6.07, 6.45) is 1.88. The molecular weight excluding hydrogens is 346 g/mol. The molecule has 0 bridgehead atoms. The van der Waals surface area contributed by atoms with Crippen LogP contribution < -0.4 is 0 Å². The number of hydrogen-bond acceptors (Lipinski definition) is 6. The molecule has 7 nitrogen and oxygen atoms in total. The summed E-state index contributed by atoms with van der Waals surface area (Å²) in [6, 6.07) is 9.42. The number of carbonyl (C=O) groups excluding carboxylic acids is 2. The quantitative estimate of drug-likeness (QED) is 0.704. The van der Waals surface area contributed by atoms with Crippen molar-refractivity contribution in [2.45, 2.75) is 32.7 Å². The maximum Gasteiger partial charge on any atom is 0.258 e. The minimum Gasteiger partial charge on any atom is -0.465 e. The molecule has 0 fully saturated rings. The van der Waals surface area contributed by atoms with Gasteiger partial charge in [0.1, 0.15) is 11.5 Å². The molecule has 0 saturated heterocycles. The Morgan fingerprint density at radius 3 is 2.70 bits per heavy atom. The van der Waals surface area contributed by atoms with Crippen molar-refractivity contribution in [1.29, 1.82) is 0 Å². The zero-order valence-electron chi connectivity index (χ0n) is 15.2. The summed E-state index contributed by atoms with van der Waals surface area (Å²) in [5.74, 6) is 1.50. The lowest BCUT2D eigenvalue weighted by atomic mass is 9.93. The number of ketones is 1. The highest BCUT2D eigenvalue weighted by molar-refractivity contribution is 6.09. The van der Waals surface area contributed by atoms with E-state index < -0.39 is 0 Å². The van der Waals surface area contributed by atoms with Gasteiger partial charge in [0.15, 0.2) is 5.78 Å². The molecule has 7 heteroatoms. The van der Waals surface area contributed by atoms with Gasteiger partial charge in [-0.1, -0.05) is 18.2 Å². The van der Waals surface area contributed by atoms with Crippen LogP contribution in [0.2, 0.25) is 0 Å². The van der Waals surface area contributed by atoms with Crippen LogP contribution >= 0.6 is 0 Å². The number of furan rings is 1. The van der Waals surface area contributed by atoms with Crippen molar-refractivity contribution in [3.05, 3.63) is 58.9 Å². The predicted octanol–water partition coefficient (Wildman–Crippen LogP) is 3.43. The number of amides is 1. The molecule has 1 aromatic carbocycles. The van der Waals surface area contributed by atoms with Crippen molar-refractivity contribution in [2.75, 3.05) is 7.05 Å². The summed E-state index contributed by atoms with van der Waals surface area (Å²) in [6.45, 7) is 1.86.